The van der Waals surface area contributed by atoms with Crippen molar-refractivity contribution in [2.45, 2.75) is 46.6 Å². The number of carbonyl (C=O) groups is 1. The molecule has 1 amide bonds. The van der Waals surface area contributed by atoms with Gasteiger partial charge in [-0.2, -0.15) is 0 Å². The van der Waals surface area contributed by atoms with Crippen LogP contribution in [-0.2, 0) is 17.6 Å². The van der Waals surface area contributed by atoms with E-state index in [0.29, 0.717) is 6.42 Å². The van der Waals surface area contributed by atoms with Gasteiger partial charge in [0.2, 0.25) is 5.91 Å². The number of aromatic nitrogens is 2. The number of hydrogen-bond donors (Lipinski definition) is 0. The Labute approximate surface area is 150 Å². The SMILES string of the molecule is CCc1nc(C)c([C@@H](C)N(C)C(=O)Cc2nc(C)ccc2Br)s1. The maximum atomic E-state index is 12.6. The molecule has 0 saturated carbocycles. The number of amides is 1. The lowest BCUT2D eigenvalue weighted by Gasteiger charge is -2.24. The van der Waals surface area contributed by atoms with E-state index in [1.807, 2.05) is 33.0 Å². The van der Waals surface area contributed by atoms with E-state index in [9.17, 15) is 4.79 Å². The molecule has 4 nitrogen and oxygen atoms in total. The van der Waals surface area contributed by atoms with E-state index in [0.717, 1.165) is 37.9 Å². The summed E-state index contributed by atoms with van der Waals surface area (Å²) in [5.41, 5.74) is 2.72. The minimum absolute atomic E-state index is 0.0175. The molecule has 2 heterocycles. The summed E-state index contributed by atoms with van der Waals surface area (Å²) in [6.45, 7) is 8.09. The molecule has 0 saturated heterocycles. The largest absolute Gasteiger partial charge is 0.338 e. The van der Waals surface area contributed by atoms with Gasteiger partial charge in [-0.1, -0.05) is 6.92 Å². The molecule has 2 rings (SSSR count). The summed E-state index contributed by atoms with van der Waals surface area (Å²) in [7, 11) is 1.85. The number of pyridine rings is 1. The van der Waals surface area contributed by atoms with E-state index >= 15 is 0 Å². The smallest absolute Gasteiger partial charge is 0.228 e. The first-order valence-corrected chi connectivity index (χ1v) is 9.28. The highest BCUT2D eigenvalue weighted by molar-refractivity contribution is 9.10. The van der Waals surface area contributed by atoms with Crippen molar-refractivity contribution in [1.82, 2.24) is 14.9 Å². The van der Waals surface area contributed by atoms with Crippen molar-refractivity contribution >= 4 is 33.2 Å². The minimum atomic E-state index is 0.0175. The third-order valence-electron chi connectivity index (χ3n) is 3.91. The summed E-state index contributed by atoms with van der Waals surface area (Å²) in [6.07, 6.45) is 1.22. The van der Waals surface area contributed by atoms with Gasteiger partial charge in [0.05, 0.1) is 28.9 Å². The van der Waals surface area contributed by atoms with E-state index in [2.05, 4.69) is 39.7 Å². The van der Waals surface area contributed by atoms with Crippen LogP contribution in [-0.4, -0.2) is 27.8 Å². The summed E-state index contributed by atoms with van der Waals surface area (Å²) < 4.78 is 0.875. The van der Waals surface area contributed by atoms with Crippen LogP contribution in [0.2, 0.25) is 0 Å². The summed E-state index contributed by atoms with van der Waals surface area (Å²) in [5.74, 6) is 0.0575. The number of rotatable bonds is 5. The molecule has 124 valence electrons. The van der Waals surface area contributed by atoms with Gasteiger partial charge in [0.1, 0.15) is 0 Å². The van der Waals surface area contributed by atoms with Crippen LogP contribution in [0.25, 0.3) is 0 Å². The van der Waals surface area contributed by atoms with Gasteiger partial charge in [0.15, 0.2) is 0 Å². The lowest BCUT2D eigenvalue weighted by atomic mass is 10.2. The second-order valence-corrected chi connectivity index (χ2v) is 7.62. The van der Waals surface area contributed by atoms with E-state index in [1.165, 1.54) is 0 Å². The second kappa shape index (κ2) is 7.53. The predicted molar refractivity (Wildman–Crippen MR) is 97.8 cm³/mol. The van der Waals surface area contributed by atoms with Crippen LogP contribution in [0.4, 0.5) is 0 Å². The van der Waals surface area contributed by atoms with Gasteiger partial charge in [-0.3, -0.25) is 9.78 Å². The number of carbonyl (C=O) groups excluding carboxylic acids is 1. The standard InChI is InChI=1S/C17H22BrN3OS/c1-6-15-20-11(3)17(23-15)12(4)21(5)16(22)9-14-13(18)8-7-10(2)19-14/h7-8,12H,6,9H2,1-5H3/t12-/m1/s1. The normalized spacial score (nSPS) is 12.3. The molecule has 2 aromatic rings. The molecule has 6 heteroatoms. The number of nitrogens with zero attached hydrogens (tertiary/aromatic N) is 3. The molecule has 0 N–H and O–H groups in total. The zero-order valence-electron chi connectivity index (χ0n) is 14.2. The molecule has 1 atom stereocenters. The number of hydrogen-bond acceptors (Lipinski definition) is 4. The maximum Gasteiger partial charge on any atom is 0.228 e. The Balaban J connectivity index is 2.15. The first-order chi connectivity index (χ1) is 10.8. The zero-order valence-corrected chi connectivity index (χ0v) is 16.6. The van der Waals surface area contributed by atoms with Crippen molar-refractivity contribution in [3.63, 3.8) is 0 Å². The Kier molecular flexibility index (Phi) is 5.92. The van der Waals surface area contributed by atoms with E-state index < -0.39 is 0 Å². The van der Waals surface area contributed by atoms with Gasteiger partial charge < -0.3 is 4.90 Å². The fourth-order valence-electron chi connectivity index (χ4n) is 2.38. The second-order valence-electron chi connectivity index (χ2n) is 5.65. The van der Waals surface area contributed by atoms with Crippen molar-refractivity contribution in [3.8, 4) is 0 Å². The van der Waals surface area contributed by atoms with E-state index in [1.54, 1.807) is 16.2 Å². The first kappa shape index (κ1) is 18.1. The summed E-state index contributed by atoms with van der Waals surface area (Å²) in [6, 6.07) is 3.89. The molecule has 0 aromatic carbocycles. The Hall–Kier alpha value is -1.27. The van der Waals surface area contributed by atoms with Gasteiger partial charge in [0.25, 0.3) is 0 Å². The Bertz CT molecular complexity index is 714. The van der Waals surface area contributed by atoms with Crippen molar-refractivity contribution < 1.29 is 4.79 Å². The van der Waals surface area contributed by atoms with Crippen LogP contribution in [0.3, 0.4) is 0 Å². The average molecular weight is 396 g/mol. The van der Waals surface area contributed by atoms with Crippen LogP contribution in [0.15, 0.2) is 16.6 Å². The lowest BCUT2D eigenvalue weighted by Crippen LogP contribution is -2.31. The fourth-order valence-corrected chi connectivity index (χ4v) is 3.85. The molecular formula is C17H22BrN3OS. The fraction of sp³-hybridized carbons (Fsp3) is 0.471. The van der Waals surface area contributed by atoms with Crippen molar-refractivity contribution in [2.24, 2.45) is 0 Å². The number of halogens is 1. The number of thiazole rings is 1. The highest BCUT2D eigenvalue weighted by Crippen LogP contribution is 2.29. The Morgan fingerprint density at radius 2 is 2.04 bits per heavy atom. The highest BCUT2D eigenvalue weighted by atomic mass is 79.9. The topological polar surface area (TPSA) is 46.1 Å². The Morgan fingerprint density at radius 1 is 1.35 bits per heavy atom. The molecule has 0 unspecified atom stereocenters. The molecule has 0 bridgehead atoms. The lowest BCUT2D eigenvalue weighted by molar-refractivity contribution is -0.131. The third-order valence-corrected chi connectivity index (χ3v) is 6.10. The van der Waals surface area contributed by atoms with Crippen LogP contribution >= 0.6 is 27.3 Å². The third kappa shape index (κ3) is 4.18. The van der Waals surface area contributed by atoms with Crippen LogP contribution in [0.1, 0.15) is 46.9 Å². The quantitative estimate of drug-likeness (QED) is 0.760. The van der Waals surface area contributed by atoms with Crippen LogP contribution in [0, 0.1) is 13.8 Å². The summed E-state index contributed by atoms with van der Waals surface area (Å²) >= 11 is 5.17. The molecule has 0 spiro atoms. The molecule has 0 aliphatic rings. The monoisotopic (exact) mass is 395 g/mol. The maximum absolute atomic E-state index is 12.6. The molecule has 2 aromatic heterocycles. The molecule has 0 aliphatic carbocycles. The highest BCUT2D eigenvalue weighted by Gasteiger charge is 2.22. The average Bonchev–Trinajstić information content (AvgIpc) is 2.90. The van der Waals surface area contributed by atoms with Gasteiger partial charge in [-0.15, -0.1) is 11.3 Å². The van der Waals surface area contributed by atoms with Crippen molar-refractivity contribution in [3.05, 3.63) is 43.6 Å². The molecule has 0 radical (unpaired) electrons. The summed E-state index contributed by atoms with van der Waals surface area (Å²) in [4.78, 5) is 24.6. The van der Waals surface area contributed by atoms with E-state index in [-0.39, 0.29) is 11.9 Å². The van der Waals surface area contributed by atoms with Gasteiger partial charge in [0, 0.05) is 22.1 Å². The summed E-state index contributed by atoms with van der Waals surface area (Å²) in [5, 5.41) is 1.12. The van der Waals surface area contributed by atoms with Crippen LogP contribution < -0.4 is 0 Å². The minimum Gasteiger partial charge on any atom is -0.338 e. The molecule has 23 heavy (non-hydrogen) atoms. The molecule has 0 aliphatic heterocycles. The van der Waals surface area contributed by atoms with Gasteiger partial charge >= 0.3 is 0 Å². The number of likely N-dealkylation sites (N-methyl/N-ethyl adjacent to an activating group) is 1. The van der Waals surface area contributed by atoms with E-state index in [4.69, 9.17) is 0 Å². The number of aryl methyl sites for hydroxylation is 3. The van der Waals surface area contributed by atoms with Gasteiger partial charge in [-0.05, 0) is 55.3 Å². The Morgan fingerprint density at radius 3 is 2.65 bits per heavy atom. The van der Waals surface area contributed by atoms with Crippen molar-refractivity contribution in [1.29, 1.82) is 0 Å². The molecule has 0 fully saturated rings. The van der Waals surface area contributed by atoms with Gasteiger partial charge in [-0.25, -0.2) is 4.98 Å². The van der Waals surface area contributed by atoms with Crippen LogP contribution in [0.5, 0.6) is 0 Å². The first-order valence-electron chi connectivity index (χ1n) is 7.67. The van der Waals surface area contributed by atoms with Crippen molar-refractivity contribution in [2.75, 3.05) is 7.05 Å². The predicted octanol–water partition coefficient (Wildman–Crippen LogP) is 4.24. The molecular weight excluding hydrogens is 374 g/mol. The zero-order chi connectivity index (χ0) is 17.1.